The largest absolute Gasteiger partial charge is 0.396 e. The molecule has 3 heteroatoms. The van der Waals surface area contributed by atoms with Gasteiger partial charge in [-0.1, -0.05) is 12.8 Å². The van der Waals surface area contributed by atoms with E-state index in [4.69, 9.17) is 5.11 Å². The summed E-state index contributed by atoms with van der Waals surface area (Å²) in [7, 11) is 0. The van der Waals surface area contributed by atoms with Gasteiger partial charge < -0.3 is 15.3 Å². The van der Waals surface area contributed by atoms with Crippen molar-refractivity contribution in [3.8, 4) is 0 Å². The Morgan fingerprint density at radius 3 is 2.38 bits per heavy atom. The first-order valence-electron chi connectivity index (χ1n) is 6.95. The van der Waals surface area contributed by atoms with E-state index in [1.807, 2.05) is 0 Å². The van der Waals surface area contributed by atoms with E-state index in [2.05, 4.69) is 10.2 Å². The summed E-state index contributed by atoms with van der Waals surface area (Å²) in [5.74, 6) is 0.569. The molecule has 1 aliphatic heterocycles. The van der Waals surface area contributed by atoms with E-state index in [0.717, 1.165) is 12.6 Å². The van der Waals surface area contributed by atoms with Crippen molar-refractivity contribution in [2.75, 3.05) is 32.8 Å². The molecule has 94 valence electrons. The molecule has 1 saturated heterocycles. The van der Waals surface area contributed by atoms with Crippen LogP contribution in [0, 0.1) is 5.92 Å². The van der Waals surface area contributed by atoms with E-state index < -0.39 is 0 Å². The van der Waals surface area contributed by atoms with Crippen LogP contribution in [0.4, 0.5) is 0 Å². The van der Waals surface area contributed by atoms with Gasteiger partial charge in [0, 0.05) is 25.7 Å². The summed E-state index contributed by atoms with van der Waals surface area (Å²) in [6.45, 7) is 5.08. The minimum atomic E-state index is 0.383. The topological polar surface area (TPSA) is 35.5 Å². The van der Waals surface area contributed by atoms with Crippen molar-refractivity contribution < 1.29 is 5.11 Å². The maximum atomic E-state index is 9.07. The van der Waals surface area contributed by atoms with E-state index >= 15 is 0 Å². The van der Waals surface area contributed by atoms with Gasteiger partial charge in [0.1, 0.15) is 0 Å². The van der Waals surface area contributed by atoms with E-state index in [-0.39, 0.29) is 0 Å². The van der Waals surface area contributed by atoms with Gasteiger partial charge in [-0.25, -0.2) is 0 Å². The lowest BCUT2D eigenvalue weighted by Crippen LogP contribution is -2.40. The summed E-state index contributed by atoms with van der Waals surface area (Å²) in [4.78, 5) is 2.54. The fraction of sp³-hybridized carbons (Fsp3) is 1.00. The molecule has 1 saturated carbocycles. The smallest absolute Gasteiger partial charge is 0.0460 e. The standard InChI is InChI=1S/C13H26N2O/c16-11-12-5-8-15(9-6-12)10-7-14-13-3-1-2-4-13/h12-14,16H,1-11H2. The first kappa shape index (κ1) is 12.3. The second-order valence-electron chi connectivity index (χ2n) is 5.40. The Kier molecular flexibility index (Phi) is 5.07. The highest BCUT2D eigenvalue weighted by Crippen LogP contribution is 2.18. The lowest BCUT2D eigenvalue weighted by Gasteiger charge is -2.31. The number of hydrogen-bond donors (Lipinski definition) is 2. The molecule has 2 N–H and O–H groups in total. The van der Waals surface area contributed by atoms with Crippen LogP contribution in [-0.4, -0.2) is 48.8 Å². The Balaban J connectivity index is 1.53. The Labute approximate surface area is 99.2 Å². The molecular formula is C13H26N2O. The van der Waals surface area contributed by atoms with Crippen LogP contribution >= 0.6 is 0 Å². The Hall–Kier alpha value is -0.120. The monoisotopic (exact) mass is 226 g/mol. The molecular weight excluding hydrogens is 200 g/mol. The minimum Gasteiger partial charge on any atom is -0.396 e. The second kappa shape index (κ2) is 6.58. The van der Waals surface area contributed by atoms with Crippen molar-refractivity contribution in [3.63, 3.8) is 0 Å². The number of rotatable bonds is 5. The molecule has 1 aliphatic carbocycles. The van der Waals surface area contributed by atoms with Gasteiger partial charge in [-0.05, 0) is 44.7 Å². The maximum Gasteiger partial charge on any atom is 0.0460 e. The maximum absolute atomic E-state index is 9.07. The fourth-order valence-corrected chi connectivity index (χ4v) is 2.95. The quantitative estimate of drug-likeness (QED) is 0.740. The van der Waals surface area contributed by atoms with Crippen molar-refractivity contribution in [1.29, 1.82) is 0 Å². The van der Waals surface area contributed by atoms with E-state index in [1.54, 1.807) is 0 Å². The molecule has 2 rings (SSSR count). The van der Waals surface area contributed by atoms with Crippen LogP contribution in [0.25, 0.3) is 0 Å². The molecule has 0 amide bonds. The summed E-state index contributed by atoms with van der Waals surface area (Å²) >= 11 is 0. The highest BCUT2D eigenvalue weighted by atomic mass is 16.3. The summed E-state index contributed by atoms with van der Waals surface area (Å²) in [6.07, 6.45) is 7.96. The third-order valence-corrected chi connectivity index (χ3v) is 4.18. The zero-order chi connectivity index (χ0) is 11.2. The van der Waals surface area contributed by atoms with Crippen LogP contribution in [0.3, 0.4) is 0 Å². The number of hydrogen-bond acceptors (Lipinski definition) is 3. The van der Waals surface area contributed by atoms with Crippen molar-refractivity contribution in [1.82, 2.24) is 10.2 Å². The molecule has 0 unspecified atom stereocenters. The molecule has 0 bridgehead atoms. The Morgan fingerprint density at radius 1 is 1.06 bits per heavy atom. The van der Waals surface area contributed by atoms with Gasteiger partial charge in [0.2, 0.25) is 0 Å². The third kappa shape index (κ3) is 3.72. The normalized spacial score (nSPS) is 25.3. The molecule has 0 aromatic carbocycles. The SMILES string of the molecule is OCC1CCN(CCNC2CCCC2)CC1. The molecule has 3 nitrogen and oxygen atoms in total. The molecule has 2 fully saturated rings. The zero-order valence-corrected chi connectivity index (χ0v) is 10.3. The van der Waals surface area contributed by atoms with E-state index in [9.17, 15) is 0 Å². The number of nitrogens with one attached hydrogen (secondary N) is 1. The highest BCUT2D eigenvalue weighted by Gasteiger charge is 2.18. The van der Waals surface area contributed by atoms with Gasteiger partial charge >= 0.3 is 0 Å². The number of aliphatic hydroxyl groups excluding tert-OH is 1. The summed E-state index contributed by atoms with van der Waals surface area (Å²) in [5, 5.41) is 12.7. The van der Waals surface area contributed by atoms with Gasteiger partial charge in [-0.2, -0.15) is 0 Å². The molecule has 0 atom stereocenters. The van der Waals surface area contributed by atoms with Crippen LogP contribution in [0.2, 0.25) is 0 Å². The molecule has 16 heavy (non-hydrogen) atoms. The minimum absolute atomic E-state index is 0.383. The first-order chi connectivity index (χ1) is 7.88. The van der Waals surface area contributed by atoms with Gasteiger partial charge in [0.15, 0.2) is 0 Å². The van der Waals surface area contributed by atoms with Crippen LogP contribution in [0.1, 0.15) is 38.5 Å². The third-order valence-electron chi connectivity index (χ3n) is 4.18. The molecule has 0 aromatic heterocycles. The summed E-state index contributed by atoms with van der Waals surface area (Å²) < 4.78 is 0. The predicted molar refractivity (Wildman–Crippen MR) is 66.5 cm³/mol. The van der Waals surface area contributed by atoms with Gasteiger partial charge in [0.25, 0.3) is 0 Å². The first-order valence-corrected chi connectivity index (χ1v) is 6.95. The van der Waals surface area contributed by atoms with Crippen molar-refractivity contribution in [3.05, 3.63) is 0 Å². The zero-order valence-electron chi connectivity index (χ0n) is 10.3. The van der Waals surface area contributed by atoms with E-state index in [0.29, 0.717) is 12.5 Å². The molecule has 1 heterocycles. The van der Waals surface area contributed by atoms with Crippen molar-refractivity contribution in [2.45, 2.75) is 44.6 Å². The second-order valence-corrected chi connectivity index (χ2v) is 5.40. The Morgan fingerprint density at radius 2 is 1.75 bits per heavy atom. The fourth-order valence-electron chi connectivity index (χ4n) is 2.95. The lowest BCUT2D eigenvalue weighted by atomic mass is 9.98. The number of aliphatic hydroxyl groups is 1. The number of piperidine rings is 1. The summed E-state index contributed by atoms with van der Waals surface area (Å²) in [6, 6.07) is 0.801. The van der Waals surface area contributed by atoms with Crippen molar-refractivity contribution in [2.24, 2.45) is 5.92 Å². The van der Waals surface area contributed by atoms with Gasteiger partial charge in [-0.3, -0.25) is 0 Å². The highest BCUT2D eigenvalue weighted by molar-refractivity contribution is 4.76. The lowest BCUT2D eigenvalue weighted by molar-refractivity contribution is 0.131. The predicted octanol–water partition coefficient (Wildman–Crippen LogP) is 1.22. The molecule has 2 aliphatic rings. The number of likely N-dealkylation sites (tertiary alicyclic amines) is 1. The van der Waals surface area contributed by atoms with Crippen LogP contribution in [0.5, 0.6) is 0 Å². The van der Waals surface area contributed by atoms with Gasteiger partial charge in [0.05, 0.1) is 0 Å². The van der Waals surface area contributed by atoms with Crippen LogP contribution in [-0.2, 0) is 0 Å². The number of nitrogens with zero attached hydrogens (tertiary/aromatic N) is 1. The van der Waals surface area contributed by atoms with E-state index in [1.165, 1.54) is 58.2 Å². The van der Waals surface area contributed by atoms with Crippen LogP contribution < -0.4 is 5.32 Å². The summed E-state index contributed by atoms with van der Waals surface area (Å²) in [5.41, 5.74) is 0. The average Bonchev–Trinajstić information content (AvgIpc) is 2.83. The van der Waals surface area contributed by atoms with Crippen LogP contribution in [0.15, 0.2) is 0 Å². The van der Waals surface area contributed by atoms with Gasteiger partial charge in [-0.15, -0.1) is 0 Å². The molecule has 0 spiro atoms. The Bertz CT molecular complexity index is 184. The van der Waals surface area contributed by atoms with Crippen molar-refractivity contribution >= 4 is 0 Å². The molecule has 0 radical (unpaired) electrons. The average molecular weight is 226 g/mol. The molecule has 0 aromatic rings.